The van der Waals surface area contributed by atoms with E-state index in [1.807, 2.05) is 6.07 Å². The number of rotatable bonds is 1. The number of hydrogen-bond acceptors (Lipinski definition) is 2. The zero-order valence-corrected chi connectivity index (χ0v) is 8.49. The number of benzene rings is 1. The quantitative estimate of drug-likeness (QED) is 0.666. The Balaban J connectivity index is 1.80. The summed E-state index contributed by atoms with van der Waals surface area (Å²) < 4.78 is 6.02. The van der Waals surface area contributed by atoms with Gasteiger partial charge in [0.1, 0.15) is 11.4 Å². The van der Waals surface area contributed by atoms with Crippen LogP contribution in [0.2, 0.25) is 0 Å². The Labute approximate surface area is 84.5 Å². The van der Waals surface area contributed by atoms with Crippen LogP contribution in [0, 0.1) is 0 Å². The van der Waals surface area contributed by atoms with Crippen LogP contribution in [0.15, 0.2) is 24.3 Å². The van der Waals surface area contributed by atoms with Crippen LogP contribution >= 0.6 is 0 Å². The van der Waals surface area contributed by atoms with Gasteiger partial charge in [0.25, 0.3) is 0 Å². The second kappa shape index (κ2) is 2.74. The molecule has 2 aliphatic heterocycles. The van der Waals surface area contributed by atoms with E-state index in [1.165, 1.54) is 5.56 Å². The van der Waals surface area contributed by atoms with Crippen LogP contribution in [-0.4, -0.2) is 30.1 Å². The van der Waals surface area contributed by atoms with Gasteiger partial charge in [-0.25, -0.2) is 0 Å². The van der Waals surface area contributed by atoms with E-state index in [-0.39, 0.29) is 5.60 Å². The molecule has 0 aliphatic carbocycles. The summed E-state index contributed by atoms with van der Waals surface area (Å²) in [6.45, 7) is 5.53. The van der Waals surface area contributed by atoms with E-state index >= 15 is 0 Å². The Morgan fingerprint density at radius 2 is 2.14 bits per heavy atom. The summed E-state index contributed by atoms with van der Waals surface area (Å²) in [5, 5.41) is 0. The molecule has 0 radical (unpaired) electrons. The Hall–Kier alpha value is -1.02. The summed E-state index contributed by atoms with van der Waals surface area (Å²) in [5.41, 5.74) is 1.50. The van der Waals surface area contributed by atoms with Crippen molar-refractivity contribution in [3.05, 3.63) is 29.8 Å². The smallest absolute Gasteiger partial charge is 0.138 e. The highest BCUT2D eigenvalue weighted by Gasteiger charge is 2.48. The third-order valence-corrected chi connectivity index (χ3v) is 3.28. The molecule has 1 fully saturated rings. The number of nitrogens with zero attached hydrogens (tertiary/aromatic N) is 1. The fraction of sp³-hybridized carbons (Fsp3) is 0.500. The van der Waals surface area contributed by atoms with Crippen molar-refractivity contribution in [1.82, 2.24) is 4.90 Å². The molecule has 0 atom stereocenters. The minimum absolute atomic E-state index is 0.125. The van der Waals surface area contributed by atoms with Crippen LogP contribution < -0.4 is 4.74 Å². The van der Waals surface area contributed by atoms with Crippen molar-refractivity contribution in [2.24, 2.45) is 0 Å². The van der Waals surface area contributed by atoms with Gasteiger partial charge in [0, 0.05) is 19.5 Å². The van der Waals surface area contributed by atoms with E-state index in [2.05, 4.69) is 30.0 Å². The van der Waals surface area contributed by atoms with Gasteiger partial charge in [0.05, 0.1) is 0 Å². The number of fused-ring (bicyclic) bond motifs is 1. The first-order valence-corrected chi connectivity index (χ1v) is 5.31. The molecular weight excluding hydrogens is 174 g/mol. The van der Waals surface area contributed by atoms with Crippen LogP contribution in [0.3, 0.4) is 0 Å². The first-order chi connectivity index (χ1) is 6.81. The molecule has 0 N–H and O–H groups in total. The van der Waals surface area contributed by atoms with Gasteiger partial charge in [-0.05, 0) is 18.2 Å². The second-order valence-electron chi connectivity index (χ2n) is 4.37. The van der Waals surface area contributed by atoms with E-state index in [0.717, 1.165) is 31.8 Å². The van der Waals surface area contributed by atoms with E-state index in [9.17, 15) is 0 Å². The summed E-state index contributed by atoms with van der Waals surface area (Å²) in [6.07, 6.45) is 1.10. The number of likely N-dealkylation sites (N-methyl/N-ethyl adjacent to an activating group) is 1. The van der Waals surface area contributed by atoms with Gasteiger partial charge in [-0.2, -0.15) is 0 Å². The molecule has 0 amide bonds. The molecule has 2 heteroatoms. The maximum Gasteiger partial charge on any atom is 0.138 e. The molecule has 1 saturated heterocycles. The van der Waals surface area contributed by atoms with E-state index < -0.39 is 0 Å². The monoisotopic (exact) mass is 189 g/mol. The molecule has 2 nitrogen and oxygen atoms in total. The molecule has 0 bridgehead atoms. The Morgan fingerprint density at radius 3 is 2.86 bits per heavy atom. The van der Waals surface area contributed by atoms with Crippen molar-refractivity contribution in [2.45, 2.75) is 18.9 Å². The first kappa shape index (κ1) is 8.30. The highest BCUT2D eigenvalue weighted by atomic mass is 16.5. The molecule has 1 aromatic rings. The fourth-order valence-corrected chi connectivity index (χ4v) is 2.53. The zero-order valence-electron chi connectivity index (χ0n) is 8.49. The van der Waals surface area contributed by atoms with E-state index in [4.69, 9.17) is 4.74 Å². The SMILES string of the molecule is CCN1CC2(Cc3ccccc3O2)C1. The number of ether oxygens (including phenoxy) is 1. The van der Waals surface area contributed by atoms with Crippen LogP contribution in [-0.2, 0) is 6.42 Å². The Kier molecular flexibility index (Phi) is 1.62. The number of likely N-dealkylation sites (tertiary alicyclic amines) is 1. The lowest BCUT2D eigenvalue weighted by Gasteiger charge is -2.46. The molecule has 14 heavy (non-hydrogen) atoms. The molecule has 2 heterocycles. The van der Waals surface area contributed by atoms with Gasteiger partial charge >= 0.3 is 0 Å². The van der Waals surface area contributed by atoms with Crippen molar-refractivity contribution in [3.8, 4) is 5.75 Å². The average Bonchev–Trinajstić information content (AvgIpc) is 2.53. The third-order valence-electron chi connectivity index (χ3n) is 3.28. The summed E-state index contributed by atoms with van der Waals surface area (Å²) in [7, 11) is 0. The van der Waals surface area contributed by atoms with Gasteiger partial charge in [-0.3, -0.25) is 4.90 Å². The number of para-hydroxylation sites is 1. The van der Waals surface area contributed by atoms with Gasteiger partial charge < -0.3 is 4.74 Å². The molecule has 1 aromatic carbocycles. The molecule has 0 aromatic heterocycles. The lowest BCUT2D eigenvalue weighted by molar-refractivity contribution is -0.0593. The number of hydrogen-bond donors (Lipinski definition) is 0. The predicted molar refractivity (Wildman–Crippen MR) is 55.6 cm³/mol. The van der Waals surface area contributed by atoms with Crippen molar-refractivity contribution in [2.75, 3.05) is 19.6 Å². The first-order valence-electron chi connectivity index (χ1n) is 5.31. The molecule has 0 saturated carbocycles. The van der Waals surface area contributed by atoms with Gasteiger partial charge in [-0.1, -0.05) is 25.1 Å². The zero-order chi connectivity index (χ0) is 9.60. The summed E-state index contributed by atoms with van der Waals surface area (Å²) in [6, 6.07) is 8.41. The predicted octanol–water partition coefficient (Wildman–Crippen LogP) is 1.70. The van der Waals surface area contributed by atoms with Gasteiger partial charge in [-0.15, -0.1) is 0 Å². The van der Waals surface area contributed by atoms with Crippen molar-refractivity contribution in [1.29, 1.82) is 0 Å². The molecule has 2 aliphatic rings. The second-order valence-corrected chi connectivity index (χ2v) is 4.37. The standard InChI is InChI=1S/C12H15NO/c1-2-13-8-12(9-13)7-10-5-3-4-6-11(10)14-12/h3-6H,2,7-9H2,1H3. The van der Waals surface area contributed by atoms with Crippen molar-refractivity contribution in [3.63, 3.8) is 0 Å². The molecule has 74 valence electrons. The minimum atomic E-state index is 0.125. The largest absolute Gasteiger partial charge is 0.484 e. The van der Waals surface area contributed by atoms with E-state index in [0.29, 0.717) is 0 Å². The van der Waals surface area contributed by atoms with Crippen LogP contribution in [0.1, 0.15) is 12.5 Å². The van der Waals surface area contributed by atoms with Gasteiger partial charge in [0.2, 0.25) is 0 Å². The maximum atomic E-state index is 6.02. The molecule has 1 spiro atoms. The topological polar surface area (TPSA) is 12.5 Å². The van der Waals surface area contributed by atoms with Crippen molar-refractivity contribution >= 4 is 0 Å². The Morgan fingerprint density at radius 1 is 1.36 bits per heavy atom. The summed E-state index contributed by atoms with van der Waals surface area (Å²) >= 11 is 0. The van der Waals surface area contributed by atoms with E-state index in [1.54, 1.807) is 0 Å². The van der Waals surface area contributed by atoms with Crippen LogP contribution in [0.25, 0.3) is 0 Å². The summed E-state index contributed by atoms with van der Waals surface area (Å²) in [4.78, 5) is 2.42. The highest BCUT2D eigenvalue weighted by Crippen LogP contribution is 2.39. The average molecular weight is 189 g/mol. The van der Waals surface area contributed by atoms with Crippen LogP contribution in [0.5, 0.6) is 5.75 Å². The van der Waals surface area contributed by atoms with Crippen LogP contribution in [0.4, 0.5) is 0 Å². The van der Waals surface area contributed by atoms with Gasteiger partial charge in [0.15, 0.2) is 0 Å². The van der Waals surface area contributed by atoms with Crippen molar-refractivity contribution < 1.29 is 4.74 Å². The molecular formula is C12H15NO. The Bertz CT molecular complexity index is 328. The third kappa shape index (κ3) is 1.07. The maximum absolute atomic E-state index is 6.02. The minimum Gasteiger partial charge on any atom is -0.484 e. The molecule has 0 unspecified atom stereocenters. The fourth-order valence-electron chi connectivity index (χ4n) is 2.53. The molecule has 3 rings (SSSR count). The summed E-state index contributed by atoms with van der Waals surface area (Å²) in [5.74, 6) is 1.10. The normalized spacial score (nSPS) is 22.9. The lowest BCUT2D eigenvalue weighted by Crippen LogP contribution is -2.64. The lowest BCUT2D eigenvalue weighted by atomic mass is 9.89. The highest BCUT2D eigenvalue weighted by molar-refractivity contribution is 5.40.